The molecule has 1 aromatic carbocycles. The van der Waals surface area contributed by atoms with Crippen molar-refractivity contribution in [1.82, 2.24) is 4.90 Å². The number of fused-ring (bicyclic) bond motifs is 2. The molecule has 3 aliphatic rings. The molecule has 0 aromatic heterocycles. The molecule has 7 heteroatoms. The highest BCUT2D eigenvalue weighted by molar-refractivity contribution is 7.89. The van der Waals surface area contributed by atoms with Gasteiger partial charge in [0, 0.05) is 18.0 Å². The highest BCUT2D eigenvalue weighted by Crippen LogP contribution is 2.49. The van der Waals surface area contributed by atoms with Crippen LogP contribution in [0.25, 0.3) is 0 Å². The van der Waals surface area contributed by atoms with Crippen molar-refractivity contribution in [2.45, 2.75) is 31.6 Å². The van der Waals surface area contributed by atoms with Crippen LogP contribution in [-0.4, -0.2) is 33.4 Å². The lowest BCUT2D eigenvalue weighted by Gasteiger charge is -2.36. The second-order valence-electron chi connectivity index (χ2n) is 6.53. The molecular weight excluding hydrogens is 340 g/mol. The second-order valence-corrected chi connectivity index (χ2v) is 8.02. The van der Waals surface area contributed by atoms with Gasteiger partial charge in [0.25, 0.3) is 5.70 Å². The molecule has 132 valence electrons. The number of benzene rings is 1. The summed E-state index contributed by atoms with van der Waals surface area (Å²) in [5.74, 6) is 0.780. The molecule has 1 aromatic rings. The number of nitro groups is 1. The SMILES string of the molecule is COc1ccc(C2C3=C(CCCC3)N3CCS(=O)C3=C2[N+](=O)[O-])cc1. The van der Waals surface area contributed by atoms with Crippen LogP contribution in [-0.2, 0) is 10.8 Å². The second kappa shape index (κ2) is 6.29. The number of rotatable bonds is 3. The summed E-state index contributed by atoms with van der Waals surface area (Å²) in [7, 11) is 0.298. The summed E-state index contributed by atoms with van der Waals surface area (Å²) < 4.78 is 17.7. The van der Waals surface area contributed by atoms with Crippen LogP contribution in [0.3, 0.4) is 0 Å². The van der Waals surface area contributed by atoms with Gasteiger partial charge in [0.2, 0.25) is 0 Å². The summed E-state index contributed by atoms with van der Waals surface area (Å²) in [6.07, 6.45) is 3.90. The first kappa shape index (κ1) is 16.3. The normalized spacial score (nSPS) is 25.7. The third-order valence-corrected chi connectivity index (χ3v) is 6.67. The van der Waals surface area contributed by atoms with E-state index in [1.54, 1.807) is 7.11 Å². The van der Waals surface area contributed by atoms with Gasteiger partial charge in [-0.1, -0.05) is 12.1 Å². The van der Waals surface area contributed by atoms with Gasteiger partial charge in [-0.05, 0) is 49.0 Å². The summed E-state index contributed by atoms with van der Waals surface area (Å²) in [6, 6.07) is 7.44. The fraction of sp³-hybridized carbons (Fsp3) is 0.444. The molecule has 1 fully saturated rings. The Labute approximate surface area is 148 Å². The zero-order valence-electron chi connectivity index (χ0n) is 14.1. The zero-order chi connectivity index (χ0) is 17.6. The number of ether oxygens (including phenoxy) is 1. The third-order valence-electron chi connectivity index (χ3n) is 5.25. The summed E-state index contributed by atoms with van der Waals surface area (Å²) in [6.45, 7) is 0.619. The molecule has 2 heterocycles. The van der Waals surface area contributed by atoms with Gasteiger partial charge in [0.05, 0.1) is 22.8 Å². The Bertz CT molecular complexity index is 813. The minimum atomic E-state index is -1.30. The van der Waals surface area contributed by atoms with Gasteiger partial charge >= 0.3 is 0 Å². The first-order chi connectivity index (χ1) is 12.1. The largest absolute Gasteiger partial charge is 0.497 e. The molecule has 25 heavy (non-hydrogen) atoms. The topological polar surface area (TPSA) is 72.7 Å². The molecule has 0 saturated carbocycles. The maximum Gasteiger partial charge on any atom is 0.290 e. The lowest BCUT2D eigenvalue weighted by Crippen LogP contribution is -2.32. The van der Waals surface area contributed by atoms with E-state index in [-0.39, 0.29) is 10.6 Å². The van der Waals surface area contributed by atoms with Gasteiger partial charge in [0.1, 0.15) is 11.7 Å². The molecule has 6 nitrogen and oxygen atoms in total. The highest BCUT2D eigenvalue weighted by atomic mass is 32.2. The minimum Gasteiger partial charge on any atom is -0.497 e. The van der Waals surface area contributed by atoms with Gasteiger partial charge in [-0.3, -0.25) is 14.3 Å². The van der Waals surface area contributed by atoms with Crippen molar-refractivity contribution in [2.75, 3.05) is 19.4 Å². The molecule has 1 saturated heterocycles. The Hall–Kier alpha value is -2.15. The third kappa shape index (κ3) is 2.57. The van der Waals surface area contributed by atoms with Crippen LogP contribution < -0.4 is 4.74 Å². The van der Waals surface area contributed by atoms with E-state index in [9.17, 15) is 14.3 Å². The van der Waals surface area contributed by atoms with Crippen LogP contribution in [0.15, 0.2) is 46.3 Å². The average molecular weight is 360 g/mol. The molecule has 0 bridgehead atoms. The predicted molar refractivity (Wildman–Crippen MR) is 95.0 cm³/mol. The van der Waals surface area contributed by atoms with Gasteiger partial charge in [-0.2, -0.15) is 0 Å². The van der Waals surface area contributed by atoms with Crippen LogP contribution in [0.5, 0.6) is 5.75 Å². The molecule has 0 spiro atoms. The number of methoxy groups -OCH3 is 1. The Balaban J connectivity index is 1.91. The summed E-state index contributed by atoms with van der Waals surface area (Å²) >= 11 is 0. The molecule has 0 N–H and O–H groups in total. The van der Waals surface area contributed by atoms with Crippen molar-refractivity contribution in [2.24, 2.45) is 0 Å². The smallest absolute Gasteiger partial charge is 0.290 e. The van der Waals surface area contributed by atoms with Crippen LogP contribution in [0.4, 0.5) is 0 Å². The molecule has 2 aliphatic heterocycles. The van der Waals surface area contributed by atoms with Crippen molar-refractivity contribution in [3.63, 3.8) is 0 Å². The average Bonchev–Trinajstić information content (AvgIpc) is 3.02. The van der Waals surface area contributed by atoms with Crippen LogP contribution in [0.1, 0.15) is 37.2 Å². The van der Waals surface area contributed by atoms with E-state index < -0.39 is 16.7 Å². The van der Waals surface area contributed by atoms with E-state index in [0.29, 0.717) is 17.3 Å². The van der Waals surface area contributed by atoms with E-state index in [1.165, 1.54) is 5.70 Å². The van der Waals surface area contributed by atoms with Gasteiger partial charge in [0.15, 0.2) is 5.03 Å². The first-order valence-corrected chi connectivity index (χ1v) is 9.84. The summed E-state index contributed by atoms with van der Waals surface area (Å²) in [5.41, 5.74) is 3.27. The molecule has 1 aliphatic carbocycles. The number of hydrogen-bond acceptors (Lipinski definition) is 5. The molecule has 0 amide bonds. The number of hydrogen-bond donors (Lipinski definition) is 0. The van der Waals surface area contributed by atoms with Crippen molar-refractivity contribution in [3.05, 3.63) is 61.9 Å². The molecule has 4 rings (SSSR count). The van der Waals surface area contributed by atoms with Crippen molar-refractivity contribution in [1.29, 1.82) is 0 Å². The van der Waals surface area contributed by atoms with E-state index in [0.717, 1.165) is 42.6 Å². The van der Waals surface area contributed by atoms with Crippen molar-refractivity contribution in [3.8, 4) is 5.75 Å². The first-order valence-electron chi connectivity index (χ1n) is 8.52. The van der Waals surface area contributed by atoms with Crippen molar-refractivity contribution >= 4 is 10.8 Å². The Morgan fingerprint density at radius 3 is 2.64 bits per heavy atom. The standard InChI is InChI=1S/C18H20N2O4S/c1-24-13-8-6-12(7-9-13)16-14-4-2-3-5-15(14)19-10-11-25(23)18(19)17(16)20(21)22/h6-9,16H,2-5,10-11H2,1H3. The van der Waals surface area contributed by atoms with E-state index in [2.05, 4.69) is 0 Å². The fourth-order valence-corrected chi connectivity index (χ4v) is 5.58. The lowest BCUT2D eigenvalue weighted by molar-refractivity contribution is -0.431. The maximum atomic E-state index is 12.5. The minimum absolute atomic E-state index is 0.0988. The van der Waals surface area contributed by atoms with Crippen LogP contribution >= 0.6 is 0 Å². The molecule has 0 radical (unpaired) electrons. The Morgan fingerprint density at radius 2 is 1.96 bits per heavy atom. The van der Waals surface area contributed by atoms with Gasteiger partial charge in [-0.15, -0.1) is 0 Å². The predicted octanol–water partition coefficient (Wildman–Crippen LogP) is 3.13. The summed E-state index contributed by atoms with van der Waals surface area (Å²) in [5, 5.41) is 12.4. The Kier molecular flexibility index (Phi) is 4.11. The highest BCUT2D eigenvalue weighted by Gasteiger charge is 2.47. The van der Waals surface area contributed by atoms with Crippen LogP contribution in [0, 0.1) is 10.1 Å². The maximum absolute atomic E-state index is 12.5. The quantitative estimate of drug-likeness (QED) is 0.612. The molecule has 2 atom stereocenters. The van der Waals surface area contributed by atoms with Gasteiger partial charge < -0.3 is 9.64 Å². The molecular formula is C18H20N2O4S. The van der Waals surface area contributed by atoms with Crippen LogP contribution in [0.2, 0.25) is 0 Å². The lowest BCUT2D eigenvalue weighted by atomic mass is 9.79. The Morgan fingerprint density at radius 1 is 1.24 bits per heavy atom. The van der Waals surface area contributed by atoms with E-state index in [1.807, 2.05) is 29.2 Å². The van der Waals surface area contributed by atoms with Crippen molar-refractivity contribution < 1.29 is 13.9 Å². The monoisotopic (exact) mass is 360 g/mol. The van der Waals surface area contributed by atoms with E-state index in [4.69, 9.17) is 4.74 Å². The van der Waals surface area contributed by atoms with E-state index >= 15 is 0 Å². The fourth-order valence-electron chi connectivity index (χ4n) is 4.17. The number of allylic oxidation sites excluding steroid dienone is 2. The summed E-state index contributed by atoms with van der Waals surface area (Å²) in [4.78, 5) is 13.6. The van der Waals surface area contributed by atoms with Gasteiger partial charge in [-0.25, -0.2) is 0 Å². The molecule has 2 unspecified atom stereocenters. The number of nitrogens with zero attached hydrogens (tertiary/aromatic N) is 2. The zero-order valence-corrected chi connectivity index (χ0v) is 14.9.